The van der Waals surface area contributed by atoms with Crippen LogP contribution < -0.4 is 98.9 Å². The van der Waals surface area contributed by atoms with Crippen LogP contribution in [0.3, 0.4) is 0 Å². The molecule has 1 N–H and O–H groups in total. The number of aromatic nitrogens is 5. The van der Waals surface area contributed by atoms with Gasteiger partial charge in [0.15, 0.2) is 16.8 Å². The van der Waals surface area contributed by atoms with Crippen molar-refractivity contribution in [3.8, 4) is 11.2 Å². The summed E-state index contributed by atoms with van der Waals surface area (Å²) in [5.74, 6) is 0.229. The molecule has 4 heterocycles. The van der Waals surface area contributed by atoms with Crippen molar-refractivity contribution in [2.24, 2.45) is 10.2 Å². The van der Waals surface area contributed by atoms with Gasteiger partial charge in [-0.3, -0.25) is 4.90 Å². The van der Waals surface area contributed by atoms with Gasteiger partial charge in [0.1, 0.15) is 53.5 Å². The van der Waals surface area contributed by atoms with Crippen LogP contribution in [0.15, 0.2) is 79.5 Å². The van der Waals surface area contributed by atoms with Crippen LogP contribution in [0.25, 0.3) is 25.6 Å². The van der Waals surface area contributed by atoms with Crippen LogP contribution in [-0.4, -0.2) is 63.6 Å². The molecule has 74 heavy (non-hydrogen) atoms. The Kier molecular flexibility index (Phi) is 18.6. The number of nitrogens with one attached hydrogen (secondary N) is 1. The smallest absolute Gasteiger partial charge is 0.744 e. The first-order valence-corrected chi connectivity index (χ1v) is 27.2. The van der Waals surface area contributed by atoms with Crippen LogP contribution in [0, 0.1) is 66.7 Å². The molecule has 0 radical (unpaired) electrons. The van der Waals surface area contributed by atoms with E-state index in [-0.39, 0.29) is 139 Å². The number of thiazole rings is 2. The van der Waals surface area contributed by atoms with Crippen molar-refractivity contribution >= 4 is 113 Å². The van der Waals surface area contributed by atoms with E-state index in [2.05, 4.69) is 21.5 Å². The molecule has 19 nitrogen and oxygen atoms in total. The van der Waals surface area contributed by atoms with Gasteiger partial charge in [-0.15, -0.1) is 10.2 Å². The SMILES string of the molecule is Cc1cc(C)c(N(c2cc(C)c(N=Nc3c(C#N)c(C(C)(C)C)nn3-c3nc4ccc(S(=O)(=O)[O-])cc4s3)c(Nc3c(C)cc(C)c(S(=O)(=O)[O-])c3C)n2)c2nc3ccc(S(=O)(=O)[O-])cc3s2)c(C)c1C.[Na+].[Na+].[Na+]. The maximum Gasteiger partial charge on any atom is 1.00 e. The molecular formula is C47H43N10Na3O9S5. The zero-order chi connectivity index (χ0) is 52.0. The van der Waals surface area contributed by atoms with Crippen LogP contribution in [0.1, 0.15) is 76.5 Å². The Morgan fingerprint density at radius 1 is 0.662 bits per heavy atom. The number of benzene rings is 4. The number of nitrogens with zero attached hydrogens (tertiary/aromatic N) is 9. The molecule has 0 aliphatic rings. The second-order valence-electron chi connectivity index (χ2n) is 18.0. The molecule has 0 saturated heterocycles. The Balaban J connectivity index is 0.00000338. The number of hydrogen-bond donors (Lipinski definition) is 1. The minimum Gasteiger partial charge on any atom is -0.744 e. The van der Waals surface area contributed by atoms with E-state index in [9.17, 15) is 44.2 Å². The van der Waals surface area contributed by atoms with Gasteiger partial charge in [0.25, 0.3) is 0 Å². The van der Waals surface area contributed by atoms with Gasteiger partial charge in [0, 0.05) is 11.1 Å². The topological polar surface area (TPSA) is 292 Å². The van der Waals surface area contributed by atoms with Gasteiger partial charge in [0.05, 0.1) is 46.5 Å². The van der Waals surface area contributed by atoms with Gasteiger partial charge < -0.3 is 19.0 Å². The molecule has 0 spiro atoms. The normalized spacial score (nSPS) is 12.1. The fourth-order valence-corrected chi connectivity index (χ4v) is 12.5. The molecule has 0 atom stereocenters. The van der Waals surface area contributed by atoms with Crippen molar-refractivity contribution in [2.75, 3.05) is 10.2 Å². The number of pyridine rings is 1. The predicted molar refractivity (Wildman–Crippen MR) is 268 cm³/mol. The summed E-state index contributed by atoms with van der Waals surface area (Å²) in [7, 11) is -14.6. The largest absolute Gasteiger partial charge is 1.00 e. The Labute approximate surface area is 503 Å². The van der Waals surface area contributed by atoms with E-state index in [1.54, 1.807) is 30.9 Å². The predicted octanol–water partition coefficient (Wildman–Crippen LogP) is 1.48. The molecule has 0 saturated carbocycles. The van der Waals surface area contributed by atoms with E-state index in [1.807, 2.05) is 54.5 Å². The molecule has 8 rings (SSSR count). The second kappa shape index (κ2) is 22.4. The van der Waals surface area contributed by atoms with Gasteiger partial charge in [-0.2, -0.15) is 15.0 Å². The summed E-state index contributed by atoms with van der Waals surface area (Å²) < 4.78 is 112. The van der Waals surface area contributed by atoms with Crippen LogP contribution in [0.5, 0.6) is 0 Å². The Morgan fingerprint density at radius 3 is 1.78 bits per heavy atom. The molecule has 0 unspecified atom stereocenters. The first-order valence-electron chi connectivity index (χ1n) is 21.4. The number of hydrogen-bond acceptors (Lipinski definition) is 20. The second-order valence-corrected chi connectivity index (χ2v) is 24.1. The molecule has 368 valence electrons. The van der Waals surface area contributed by atoms with Crippen molar-refractivity contribution in [1.29, 1.82) is 5.26 Å². The first kappa shape index (κ1) is 61.3. The third-order valence-electron chi connectivity index (χ3n) is 11.9. The Morgan fingerprint density at radius 2 is 1.23 bits per heavy atom. The number of fused-ring (bicyclic) bond motifs is 2. The third-order valence-corrected chi connectivity index (χ3v) is 16.7. The van der Waals surface area contributed by atoms with Crippen LogP contribution >= 0.6 is 22.7 Å². The zero-order valence-corrected chi connectivity index (χ0v) is 53.0. The average Bonchev–Trinajstić information content (AvgIpc) is 3.98. The fraction of sp³-hybridized carbons (Fsp3) is 0.255. The minimum atomic E-state index is -4.98. The van der Waals surface area contributed by atoms with Crippen molar-refractivity contribution in [3.05, 3.63) is 110 Å². The van der Waals surface area contributed by atoms with E-state index < -0.39 is 50.5 Å². The molecule has 8 aromatic rings. The van der Waals surface area contributed by atoms with E-state index in [0.717, 1.165) is 51.0 Å². The van der Waals surface area contributed by atoms with Crippen molar-refractivity contribution in [3.63, 3.8) is 0 Å². The molecule has 4 aromatic heterocycles. The molecule has 0 bridgehead atoms. The third kappa shape index (κ3) is 11.9. The quantitative estimate of drug-likeness (QED) is 0.109. The summed E-state index contributed by atoms with van der Waals surface area (Å²) in [6, 6.07) is 15.2. The number of anilines is 5. The summed E-state index contributed by atoms with van der Waals surface area (Å²) in [6.45, 7) is 19.9. The summed E-state index contributed by atoms with van der Waals surface area (Å²) in [5, 5.41) is 28.7. The molecule has 0 aliphatic heterocycles. The summed E-state index contributed by atoms with van der Waals surface area (Å²) in [4.78, 5) is 15.2. The maximum atomic E-state index is 12.7. The standard InChI is InChI=1S/C47H46N10O9S5.3Na/c1-22-16-25(4)40(28(7)27(22)6)56(45-49-33-14-12-30(69(58,59)60)19-35(33)67-45)37-18-24(3)39(43(51-37)52-38-23(2)17-26(5)41(29(38)8)71(64,65)66)53-54-44-32(21-48)42(47(9,10)11)55-57(44)46-50-34-15-13-31(70(61,62)63)20-36(34)68-46;;;/h12-20H,1-11H3,(H,51,52)(H,58,59,60)(H,61,62,63)(H,64,65,66);;;/q;3*+1/p-3. The summed E-state index contributed by atoms with van der Waals surface area (Å²) in [5.41, 5.74) is 6.47. The molecule has 0 amide bonds. The van der Waals surface area contributed by atoms with Gasteiger partial charge in [-0.05, 0) is 142 Å². The molecular weight excluding hydrogens is 1080 g/mol. The zero-order valence-electron chi connectivity index (χ0n) is 42.9. The molecule has 27 heteroatoms. The van der Waals surface area contributed by atoms with Gasteiger partial charge in [0.2, 0.25) is 5.13 Å². The number of aryl methyl sites for hydroxylation is 5. The van der Waals surface area contributed by atoms with Gasteiger partial charge in [-0.25, -0.2) is 40.2 Å². The summed E-state index contributed by atoms with van der Waals surface area (Å²) in [6.07, 6.45) is 0. The average molecular weight is 1120 g/mol. The monoisotopic (exact) mass is 1120 g/mol. The number of azo groups is 1. The van der Waals surface area contributed by atoms with Crippen LogP contribution in [-0.2, 0) is 35.8 Å². The van der Waals surface area contributed by atoms with E-state index in [4.69, 9.17) is 20.2 Å². The Bertz CT molecular complexity index is 4020. The van der Waals surface area contributed by atoms with Crippen molar-refractivity contribution in [1.82, 2.24) is 24.7 Å². The number of rotatable bonds is 11. The minimum absolute atomic E-state index is 0. The fourth-order valence-electron chi connectivity index (χ4n) is 8.41. The van der Waals surface area contributed by atoms with E-state index in [1.165, 1.54) is 48.9 Å². The van der Waals surface area contributed by atoms with E-state index >= 15 is 0 Å². The van der Waals surface area contributed by atoms with Crippen molar-refractivity contribution < 1.29 is 128 Å². The van der Waals surface area contributed by atoms with Gasteiger partial charge in [-0.1, -0.05) is 55.6 Å². The first-order chi connectivity index (χ1) is 33.0. The molecule has 0 aliphatic carbocycles. The van der Waals surface area contributed by atoms with Crippen LogP contribution in [0.2, 0.25) is 0 Å². The molecule has 0 fully saturated rings. The van der Waals surface area contributed by atoms with Crippen LogP contribution in [0.4, 0.5) is 39.6 Å². The Hall–Kier alpha value is -3.56. The molecule has 4 aromatic carbocycles. The van der Waals surface area contributed by atoms with Crippen molar-refractivity contribution in [2.45, 2.75) is 96.3 Å². The van der Waals surface area contributed by atoms with Gasteiger partial charge >= 0.3 is 88.7 Å². The summed E-state index contributed by atoms with van der Waals surface area (Å²) >= 11 is 2.12. The number of nitriles is 1. The van der Waals surface area contributed by atoms with E-state index in [0.29, 0.717) is 48.1 Å². The maximum absolute atomic E-state index is 12.7.